The maximum atomic E-state index is 6.35. The van der Waals surface area contributed by atoms with Gasteiger partial charge >= 0.3 is 0 Å². The first-order valence-electron chi connectivity index (χ1n) is 10.9. The topological polar surface area (TPSA) is 27.1 Å². The molecule has 3 heteroatoms. The van der Waals surface area contributed by atoms with E-state index in [1.165, 1.54) is 61.3 Å². The van der Waals surface area contributed by atoms with Gasteiger partial charge in [0.25, 0.3) is 0 Å². The predicted molar refractivity (Wildman–Crippen MR) is 117 cm³/mol. The molecule has 0 aliphatic rings. The van der Waals surface area contributed by atoms with Crippen molar-refractivity contribution in [2.45, 2.75) is 70.9 Å². The Morgan fingerprint density at radius 3 is 2.39 bits per heavy atom. The van der Waals surface area contributed by atoms with E-state index in [0.29, 0.717) is 0 Å². The largest absolute Gasteiger partial charge is 0.372 e. The molecule has 1 heterocycles. The molecule has 0 N–H and O–H groups in total. The average molecular weight is 379 g/mol. The number of rotatable bonds is 13. The lowest BCUT2D eigenvalue weighted by Gasteiger charge is -2.19. The van der Waals surface area contributed by atoms with Gasteiger partial charge in [-0.1, -0.05) is 88.3 Å². The van der Waals surface area contributed by atoms with Crippen LogP contribution in [0.5, 0.6) is 0 Å². The summed E-state index contributed by atoms with van der Waals surface area (Å²) in [5.74, 6) is 0. The molecule has 0 fully saturated rings. The molecule has 3 rings (SSSR count). The summed E-state index contributed by atoms with van der Waals surface area (Å²) in [7, 11) is 0. The van der Waals surface area contributed by atoms with Crippen molar-refractivity contribution in [1.82, 2.24) is 9.55 Å². The quantitative estimate of drug-likeness (QED) is 0.301. The van der Waals surface area contributed by atoms with Crippen LogP contribution >= 0.6 is 0 Å². The zero-order chi connectivity index (χ0) is 19.4. The first kappa shape index (κ1) is 20.6. The van der Waals surface area contributed by atoms with Crippen molar-refractivity contribution in [3.8, 4) is 0 Å². The lowest BCUT2D eigenvalue weighted by atomic mass is 10.0. The van der Waals surface area contributed by atoms with Crippen LogP contribution in [0.15, 0.2) is 61.2 Å². The van der Waals surface area contributed by atoms with Gasteiger partial charge in [-0.15, -0.1) is 0 Å². The molecule has 150 valence electrons. The molecule has 0 saturated heterocycles. The van der Waals surface area contributed by atoms with Crippen LogP contribution in [-0.2, 0) is 11.3 Å². The highest BCUT2D eigenvalue weighted by Crippen LogP contribution is 2.25. The molecule has 0 spiro atoms. The normalized spacial score (nSPS) is 12.5. The van der Waals surface area contributed by atoms with Gasteiger partial charge in [0.1, 0.15) is 6.10 Å². The van der Waals surface area contributed by atoms with Gasteiger partial charge in [0.05, 0.1) is 12.9 Å². The first-order valence-corrected chi connectivity index (χ1v) is 10.9. The first-order chi connectivity index (χ1) is 13.9. The van der Waals surface area contributed by atoms with Gasteiger partial charge in [0.2, 0.25) is 0 Å². The van der Waals surface area contributed by atoms with Crippen LogP contribution in [0.4, 0.5) is 0 Å². The van der Waals surface area contributed by atoms with E-state index in [1.807, 2.05) is 18.7 Å². The maximum absolute atomic E-state index is 6.35. The molecule has 0 radical (unpaired) electrons. The summed E-state index contributed by atoms with van der Waals surface area (Å²) in [6, 6.07) is 15.2. The van der Waals surface area contributed by atoms with Crippen LogP contribution in [0.1, 0.15) is 70.0 Å². The van der Waals surface area contributed by atoms with Gasteiger partial charge in [-0.25, -0.2) is 4.98 Å². The average Bonchev–Trinajstić information content (AvgIpc) is 3.24. The van der Waals surface area contributed by atoms with Gasteiger partial charge in [0.15, 0.2) is 0 Å². The fourth-order valence-corrected chi connectivity index (χ4v) is 3.71. The van der Waals surface area contributed by atoms with Gasteiger partial charge in [-0.2, -0.15) is 0 Å². The lowest BCUT2D eigenvalue weighted by Crippen LogP contribution is -2.13. The van der Waals surface area contributed by atoms with E-state index in [4.69, 9.17) is 4.74 Å². The Morgan fingerprint density at radius 1 is 0.893 bits per heavy atom. The zero-order valence-electron chi connectivity index (χ0n) is 17.2. The van der Waals surface area contributed by atoms with Crippen molar-refractivity contribution in [2.75, 3.05) is 6.61 Å². The molecule has 0 aliphatic carbocycles. The molecular formula is C25H34N2O. The molecule has 2 aromatic carbocycles. The smallest absolute Gasteiger partial charge is 0.100 e. The van der Waals surface area contributed by atoms with Crippen molar-refractivity contribution in [3.05, 3.63) is 66.7 Å². The molecule has 0 saturated carbocycles. The Bertz CT molecular complexity index is 797. The molecule has 28 heavy (non-hydrogen) atoms. The zero-order valence-corrected chi connectivity index (χ0v) is 17.2. The standard InChI is InChI=1S/C25H34N2O/c1-2-3-4-5-6-7-8-11-18-28-25(20-27-17-16-26-21-27)24-15-14-22-12-9-10-13-23(22)19-24/h9-10,12-17,19,21,25H,2-8,11,18,20H2,1H3. The number of benzene rings is 2. The highest BCUT2D eigenvalue weighted by Gasteiger charge is 2.13. The Kier molecular flexibility index (Phi) is 8.57. The van der Waals surface area contributed by atoms with E-state index >= 15 is 0 Å². The molecule has 3 aromatic rings. The van der Waals surface area contributed by atoms with E-state index in [-0.39, 0.29) is 6.10 Å². The second kappa shape index (κ2) is 11.7. The van der Waals surface area contributed by atoms with E-state index in [9.17, 15) is 0 Å². The Hall–Kier alpha value is -2.13. The van der Waals surface area contributed by atoms with E-state index < -0.39 is 0 Å². The minimum atomic E-state index is 0.0587. The summed E-state index contributed by atoms with van der Waals surface area (Å²) >= 11 is 0. The van der Waals surface area contributed by atoms with Crippen molar-refractivity contribution < 1.29 is 4.74 Å². The molecule has 1 aromatic heterocycles. The third-order valence-electron chi connectivity index (χ3n) is 5.40. The van der Waals surface area contributed by atoms with Crippen molar-refractivity contribution >= 4 is 10.8 Å². The number of hydrogen-bond donors (Lipinski definition) is 0. The predicted octanol–water partition coefficient (Wildman–Crippen LogP) is 6.93. The van der Waals surface area contributed by atoms with Crippen molar-refractivity contribution in [2.24, 2.45) is 0 Å². The molecule has 3 nitrogen and oxygen atoms in total. The number of ether oxygens (including phenoxy) is 1. The fraction of sp³-hybridized carbons (Fsp3) is 0.480. The number of nitrogens with zero attached hydrogens (tertiary/aromatic N) is 2. The summed E-state index contributed by atoms with van der Waals surface area (Å²) in [6.45, 7) is 3.89. The van der Waals surface area contributed by atoms with Gasteiger partial charge < -0.3 is 9.30 Å². The number of aromatic nitrogens is 2. The van der Waals surface area contributed by atoms with Gasteiger partial charge in [-0.05, 0) is 28.8 Å². The van der Waals surface area contributed by atoms with Crippen LogP contribution in [0.25, 0.3) is 10.8 Å². The van der Waals surface area contributed by atoms with Crippen LogP contribution in [0.3, 0.4) is 0 Å². The van der Waals surface area contributed by atoms with Crippen LogP contribution in [0.2, 0.25) is 0 Å². The van der Waals surface area contributed by atoms with Crippen molar-refractivity contribution in [3.63, 3.8) is 0 Å². The molecule has 1 unspecified atom stereocenters. The highest BCUT2D eigenvalue weighted by atomic mass is 16.5. The van der Waals surface area contributed by atoms with Crippen LogP contribution in [-0.4, -0.2) is 16.2 Å². The minimum Gasteiger partial charge on any atom is -0.372 e. The number of unbranched alkanes of at least 4 members (excludes halogenated alkanes) is 7. The van der Waals surface area contributed by atoms with Crippen LogP contribution < -0.4 is 0 Å². The molecule has 0 amide bonds. The van der Waals surface area contributed by atoms with Gasteiger partial charge in [0, 0.05) is 19.0 Å². The van der Waals surface area contributed by atoms with E-state index in [1.54, 1.807) is 0 Å². The molecule has 1 atom stereocenters. The lowest BCUT2D eigenvalue weighted by molar-refractivity contribution is 0.0380. The Labute approximate surface area is 169 Å². The molecular weight excluding hydrogens is 344 g/mol. The molecule has 0 bridgehead atoms. The summed E-state index contributed by atoms with van der Waals surface area (Å²) in [5.41, 5.74) is 1.24. The summed E-state index contributed by atoms with van der Waals surface area (Å²) < 4.78 is 8.45. The monoisotopic (exact) mass is 378 g/mol. The van der Waals surface area contributed by atoms with Crippen molar-refractivity contribution in [1.29, 1.82) is 0 Å². The third-order valence-corrected chi connectivity index (χ3v) is 5.40. The maximum Gasteiger partial charge on any atom is 0.100 e. The highest BCUT2D eigenvalue weighted by molar-refractivity contribution is 5.83. The summed E-state index contributed by atoms with van der Waals surface area (Å²) in [5, 5.41) is 2.54. The Balaban J connectivity index is 1.52. The minimum absolute atomic E-state index is 0.0587. The van der Waals surface area contributed by atoms with Crippen LogP contribution in [0, 0.1) is 0 Å². The SMILES string of the molecule is CCCCCCCCCCOC(Cn1ccnc1)c1ccc2ccccc2c1. The number of fused-ring (bicyclic) bond motifs is 1. The van der Waals surface area contributed by atoms with Gasteiger partial charge in [-0.3, -0.25) is 0 Å². The van der Waals surface area contributed by atoms with E-state index in [0.717, 1.165) is 19.6 Å². The third kappa shape index (κ3) is 6.49. The second-order valence-corrected chi connectivity index (χ2v) is 7.70. The second-order valence-electron chi connectivity index (χ2n) is 7.70. The van der Waals surface area contributed by atoms with E-state index in [2.05, 4.69) is 58.9 Å². The number of imidazole rings is 1. The number of hydrogen-bond acceptors (Lipinski definition) is 2. The summed E-state index contributed by atoms with van der Waals surface area (Å²) in [6.07, 6.45) is 16.3. The Morgan fingerprint density at radius 2 is 1.64 bits per heavy atom. The summed E-state index contributed by atoms with van der Waals surface area (Å²) in [4.78, 5) is 4.18. The fourth-order valence-electron chi connectivity index (χ4n) is 3.71. The molecule has 0 aliphatic heterocycles.